The molecule has 3 nitrogen and oxygen atoms in total. The fourth-order valence-corrected chi connectivity index (χ4v) is 3.58. The normalized spacial score (nSPS) is 16.4. The number of rotatable bonds is 6. The molecule has 2 aromatic carbocycles. The van der Waals surface area contributed by atoms with Gasteiger partial charge in [0, 0.05) is 10.6 Å². The second-order valence-electron chi connectivity index (χ2n) is 5.97. The number of carbonyl (C=O) groups excluding carboxylic acids is 1. The first-order valence-corrected chi connectivity index (χ1v) is 9.16. The molecule has 0 spiro atoms. The Morgan fingerprint density at radius 3 is 2.68 bits per heavy atom. The number of hydrogen-bond donors (Lipinski definition) is 2. The Morgan fingerprint density at radius 2 is 1.92 bits per heavy atom. The number of amides is 1. The summed E-state index contributed by atoms with van der Waals surface area (Å²) in [5.74, 6) is -2.50. The van der Waals surface area contributed by atoms with E-state index in [9.17, 15) is 13.6 Å². The van der Waals surface area contributed by atoms with E-state index in [1.807, 2.05) is 12.1 Å². The van der Waals surface area contributed by atoms with Crippen molar-refractivity contribution in [2.24, 2.45) is 0 Å². The van der Waals surface area contributed by atoms with Gasteiger partial charge in [-0.1, -0.05) is 36.0 Å². The van der Waals surface area contributed by atoms with E-state index in [1.54, 1.807) is 24.3 Å². The lowest BCUT2D eigenvalue weighted by Crippen LogP contribution is -2.35. The van der Waals surface area contributed by atoms with Gasteiger partial charge >= 0.3 is 0 Å². The number of anilines is 1. The molecular formula is C19H20F2N2OS. The van der Waals surface area contributed by atoms with Crippen LogP contribution in [0.2, 0.25) is 0 Å². The highest BCUT2D eigenvalue weighted by Crippen LogP contribution is 2.29. The summed E-state index contributed by atoms with van der Waals surface area (Å²) in [5, 5.41) is 6.11. The number of halogens is 2. The van der Waals surface area contributed by atoms with Crippen LogP contribution in [-0.2, 0) is 11.2 Å². The summed E-state index contributed by atoms with van der Waals surface area (Å²) in [6.45, 7) is 0.153. The molecule has 3 rings (SSSR count). The van der Waals surface area contributed by atoms with Gasteiger partial charge in [-0.2, -0.15) is 8.78 Å². The first kappa shape index (κ1) is 17.7. The third-order valence-electron chi connectivity index (χ3n) is 4.24. The molecule has 1 aliphatic carbocycles. The predicted molar refractivity (Wildman–Crippen MR) is 97.1 cm³/mol. The summed E-state index contributed by atoms with van der Waals surface area (Å²) >= 11 is 0.508. The standard InChI is InChI=1S/C19H20F2N2OS/c20-19(21)25-15-10-8-14(9-11-15)22-12-18(24)23-17-7-3-5-13-4-1-2-6-16(13)17/h1-2,4,6,8-11,17,19,22H,3,5,7,12H2,(H,23,24). The van der Waals surface area contributed by atoms with E-state index in [0.717, 1.165) is 24.9 Å². The van der Waals surface area contributed by atoms with Crippen molar-refractivity contribution >= 4 is 23.4 Å². The number of hydrogen-bond acceptors (Lipinski definition) is 3. The summed E-state index contributed by atoms with van der Waals surface area (Å²) in [4.78, 5) is 12.7. The maximum atomic E-state index is 12.3. The fourth-order valence-electron chi connectivity index (χ4n) is 3.09. The zero-order valence-electron chi connectivity index (χ0n) is 13.7. The molecule has 0 bridgehead atoms. The van der Waals surface area contributed by atoms with E-state index >= 15 is 0 Å². The quantitative estimate of drug-likeness (QED) is 0.738. The number of aryl methyl sites for hydroxylation is 1. The topological polar surface area (TPSA) is 41.1 Å². The minimum Gasteiger partial charge on any atom is -0.376 e. The van der Waals surface area contributed by atoms with Gasteiger partial charge in [-0.25, -0.2) is 0 Å². The van der Waals surface area contributed by atoms with Gasteiger partial charge in [-0.05, 0) is 54.7 Å². The monoisotopic (exact) mass is 362 g/mol. The van der Waals surface area contributed by atoms with Crippen molar-refractivity contribution in [3.05, 3.63) is 59.7 Å². The number of nitrogens with one attached hydrogen (secondary N) is 2. The highest BCUT2D eigenvalue weighted by molar-refractivity contribution is 7.99. The van der Waals surface area contributed by atoms with Crippen LogP contribution in [0.5, 0.6) is 0 Å². The van der Waals surface area contributed by atoms with Gasteiger partial charge in [0.2, 0.25) is 5.91 Å². The second-order valence-corrected chi connectivity index (χ2v) is 7.03. The summed E-state index contributed by atoms with van der Waals surface area (Å²) in [7, 11) is 0. The molecule has 0 aliphatic heterocycles. The van der Waals surface area contributed by atoms with Crippen LogP contribution < -0.4 is 10.6 Å². The molecule has 132 valence electrons. The van der Waals surface area contributed by atoms with E-state index in [4.69, 9.17) is 0 Å². The molecule has 1 amide bonds. The Hall–Kier alpha value is -2.08. The van der Waals surface area contributed by atoms with E-state index < -0.39 is 5.76 Å². The second kappa shape index (κ2) is 8.34. The summed E-state index contributed by atoms with van der Waals surface area (Å²) < 4.78 is 24.6. The van der Waals surface area contributed by atoms with E-state index in [2.05, 4.69) is 22.8 Å². The molecule has 25 heavy (non-hydrogen) atoms. The fraction of sp³-hybridized carbons (Fsp3) is 0.316. The Kier molecular flexibility index (Phi) is 5.91. The first-order chi connectivity index (χ1) is 12.1. The zero-order chi connectivity index (χ0) is 17.6. The maximum Gasteiger partial charge on any atom is 0.288 e. The average Bonchev–Trinajstić information content (AvgIpc) is 2.61. The zero-order valence-corrected chi connectivity index (χ0v) is 14.5. The summed E-state index contributed by atoms with van der Waals surface area (Å²) in [6, 6.07) is 14.9. The van der Waals surface area contributed by atoms with Crippen LogP contribution >= 0.6 is 11.8 Å². The smallest absolute Gasteiger partial charge is 0.288 e. The Bertz CT molecular complexity index is 722. The Balaban J connectivity index is 1.52. The lowest BCUT2D eigenvalue weighted by atomic mass is 9.88. The molecule has 0 saturated carbocycles. The highest BCUT2D eigenvalue weighted by Gasteiger charge is 2.21. The molecule has 1 atom stereocenters. The van der Waals surface area contributed by atoms with Gasteiger partial charge in [-0.15, -0.1) is 0 Å². The molecule has 2 aromatic rings. The van der Waals surface area contributed by atoms with Gasteiger partial charge < -0.3 is 10.6 Å². The van der Waals surface area contributed by atoms with Crippen molar-refractivity contribution in [1.82, 2.24) is 5.32 Å². The number of alkyl halides is 2. The van der Waals surface area contributed by atoms with Gasteiger partial charge in [0.1, 0.15) is 0 Å². The molecule has 0 heterocycles. The largest absolute Gasteiger partial charge is 0.376 e. The Labute approximate surface area is 150 Å². The van der Waals surface area contributed by atoms with Gasteiger partial charge in [0.25, 0.3) is 5.76 Å². The molecule has 0 fully saturated rings. The van der Waals surface area contributed by atoms with Crippen LogP contribution in [0.15, 0.2) is 53.4 Å². The van der Waals surface area contributed by atoms with Crippen molar-refractivity contribution in [3.8, 4) is 0 Å². The molecule has 6 heteroatoms. The van der Waals surface area contributed by atoms with Crippen LogP contribution in [-0.4, -0.2) is 18.2 Å². The third kappa shape index (κ3) is 4.95. The highest BCUT2D eigenvalue weighted by atomic mass is 32.2. The molecule has 0 aromatic heterocycles. The van der Waals surface area contributed by atoms with Crippen molar-refractivity contribution < 1.29 is 13.6 Å². The van der Waals surface area contributed by atoms with Crippen molar-refractivity contribution in [1.29, 1.82) is 0 Å². The van der Waals surface area contributed by atoms with E-state index in [0.29, 0.717) is 16.7 Å². The van der Waals surface area contributed by atoms with Crippen LogP contribution in [0.3, 0.4) is 0 Å². The lowest BCUT2D eigenvalue weighted by Gasteiger charge is -2.26. The van der Waals surface area contributed by atoms with Crippen molar-refractivity contribution in [3.63, 3.8) is 0 Å². The average molecular weight is 362 g/mol. The minimum atomic E-state index is -2.43. The molecule has 1 unspecified atom stereocenters. The lowest BCUT2D eigenvalue weighted by molar-refractivity contribution is -0.120. The first-order valence-electron chi connectivity index (χ1n) is 8.28. The molecule has 1 aliphatic rings. The third-order valence-corrected chi connectivity index (χ3v) is 4.96. The van der Waals surface area contributed by atoms with Gasteiger partial charge in [-0.3, -0.25) is 4.79 Å². The van der Waals surface area contributed by atoms with Crippen LogP contribution in [0, 0.1) is 0 Å². The SMILES string of the molecule is O=C(CNc1ccc(SC(F)F)cc1)NC1CCCc2ccccc21. The van der Waals surface area contributed by atoms with E-state index in [1.165, 1.54) is 11.1 Å². The van der Waals surface area contributed by atoms with Gasteiger partial charge in [0.05, 0.1) is 12.6 Å². The maximum absolute atomic E-state index is 12.3. The van der Waals surface area contributed by atoms with Gasteiger partial charge in [0.15, 0.2) is 0 Å². The molecular weight excluding hydrogens is 342 g/mol. The summed E-state index contributed by atoms with van der Waals surface area (Å²) in [5.41, 5.74) is 3.24. The van der Waals surface area contributed by atoms with E-state index in [-0.39, 0.29) is 18.5 Å². The predicted octanol–water partition coefficient (Wildman–Crippen LogP) is 4.61. The number of benzene rings is 2. The van der Waals surface area contributed by atoms with Crippen molar-refractivity contribution in [2.75, 3.05) is 11.9 Å². The molecule has 0 saturated heterocycles. The minimum absolute atomic E-state index is 0.0593. The van der Waals surface area contributed by atoms with Crippen molar-refractivity contribution in [2.45, 2.75) is 36.0 Å². The number of fused-ring (bicyclic) bond motifs is 1. The molecule has 2 N–H and O–H groups in total. The number of carbonyl (C=O) groups is 1. The van der Waals surface area contributed by atoms with Crippen LogP contribution in [0.25, 0.3) is 0 Å². The van der Waals surface area contributed by atoms with Crippen LogP contribution in [0.1, 0.15) is 30.0 Å². The Morgan fingerprint density at radius 1 is 1.16 bits per heavy atom. The molecule has 0 radical (unpaired) electrons. The van der Waals surface area contributed by atoms with Crippen LogP contribution in [0.4, 0.5) is 14.5 Å². The summed E-state index contributed by atoms with van der Waals surface area (Å²) in [6.07, 6.45) is 3.07. The number of thioether (sulfide) groups is 1.